The molecule has 0 atom stereocenters. The molecule has 0 saturated heterocycles. The Kier molecular flexibility index (Phi) is 3.67. The average Bonchev–Trinajstić information content (AvgIpc) is 3.43. The molecule has 0 aliphatic rings. The first kappa shape index (κ1) is 16.6. The highest BCUT2D eigenvalue weighted by Crippen LogP contribution is 2.34. The van der Waals surface area contributed by atoms with Gasteiger partial charge >= 0.3 is 0 Å². The quantitative estimate of drug-likeness (QED) is 0.435. The van der Waals surface area contributed by atoms with Crippen molar-refractivity contribution in [2.75, 3.05) is 0 Å². The molecule has 0 aliphatic carbocycles. The molecule has 1 aromatic carbocycles. The van der Waals surface area contributed by atoms with E-state index in [1.54, 1.807) is 12.4 Å². The topological polar surface area (TPSA) is 83.1 Å². The zero-order valence-corrected chi connectivity index (χ0v) is 15.9. The Hall–Kier alpha value is -4.32. The van der Waals surface area contributed by atoms with Crippen molar-refractivity contribution in [3.8, 4) is 33.6 Å². The molecule has 2 N–H and O–H groups in total. The number of rotatable bonds is 3. The fraction of sp³-hybridized carbons (Fsp3) is 0. The van der Waals surface area contributed by atoms with Gasteiger partial charge < -0.3 is 4.98 Å². The minimum Gasteiger partial charge on any atom is -0.352 e. The van der Waals surface area contributed by atoms with Gasteiger partial charge in [0.15, 0.2) is 0 Å². The summed E-state index contributed by atoms with van der Waals surface area (Å²) in [6, 6.07) is 16.4. The third kappa shape index (κ3) is 2.66. The summed E-state index contributed by atoms with van der Waals surface area (Å²) >= 11 is 0. The van der Waals surface area contributed by atoms with Crippen molar-refractivity contribution in [1.29, 1.82) is 0 Å². The average molecular weight is 388 g/mol. The smallest absolute Gasteiger partial charge is 0.116 e. The molecule has 0 amide bonds. The summed E-state index contributed by atoms with van der Waals surface area (Å²) in [5.41, 5.74) is 8.03. The van der Waals surface area contributed by atoms with Crippen molar-refractivity contribution in [2.24, 2.45) is 0 Å². The minimum atomic E-state index is 0.879. The number of hydrogen-bond acceptors (Lipinski definition) is 4. The van der Waals surface area contributed by atoms with Gasteiger partial charge in [0.1, 0.15) is 5.69 Å². The van der Waals surface area contributed by atoms with Crippen LogP contribution >= 0.6 is 0 Å². The molecule has 0 fully saturated rings. The maximum Gasteiger partial charge on any atom is 0.116 e. The van der Waals surface area contributed by atoms with Crippen LogP contribution in [-0.4, -0.2) is 30.1 Å². The van der Waals surface area contributed by atoms with Gasteiger partial charge in [-0.15, -0.1) is 0 Å². The van der Waals surface area contributed by atoms with E-state index in [1.807, 2.05) is 43.0 Å². The number of benzene rings is 1. The van der Waals surface area contributed by atoms with Crippen LogP contribution in [0.25, 0.3) is 55.4 Å². The number of nitrogens with one attached hydrogen (secondary N) is 2. The highest BCUT2D eigenvalue weighted by Gasteiger charge is 2.14. The molecule has 0 bridgehead atoms. The summed E-state index contributed by atoms with van der Waals surface area (Å²) in [5.74, 6) is 0. The van der Waals surface area contributed by atoms with Crippen molar-refractivity contribution >= 4 is 21.8 Å². The van der Waals surface area contributed by atoms with Crippen LogP contribution in [-0.2, 0) is 0 Å². The Morgan fingerprint density at radius 1 is 0.633 bits per heavy atom. The molecule has 6 heteroatoms. The van der Waals surface area contributed by atoms with Crippen molar-refractivity contribution < 1.29 is 0 Å². The SMILES string of the molecule is c1cncc(-c2ccc3[nH]nc(-c4cc5c(-c6cccnc6)cncc5[nH]4)c3c2)c1. The van der Waals surface area contributed by atoms with Gasteiger partial charge in [0.05, 0.1) is 22.9 Å². The molecule has 6 rings (SSSR count). The van der Waals surface area contributed by atoms with E-state index < -0.39 is 0 Å². The lowest BCUT2D eigenvalue weighted by molar-refractivity contribution is 1.12. The van der Waals surface area contributed by atoms with Gasteiger partial charge in [-0.2, -0.15) is 5.10 Å². The van der Waals surface area contributed by atoms with Crippen LogP contribution in [0, 0.1) is 0 Å². The molecular weight excluding hydrogens is 372 g/mol. The number of pyridine rings is 3. The maximum absolute atomic E-state index is 4.59. The van der Waals surface area contributed by atoms with Gasteiger partial charge in [-0.05, 0) is 35.9 Å². The second kappa shape index (κ2) is 6.63. The largest absolute Gasteiger partial charge is 0.352 e. The molecule has 6 nitrogen and oxygen atoms in total. The van der Waals surface area contributed by atoms with E-state index >= 15 is 0 Å². The molecule has 0 aliphatic heterocycles. The van der Waals surface area contributed by atoms with Crippen molar-refractivity contribution in [1.82, 2.24) is 30.1 Å². The number of nitrogens with zero attached hydrogens (tertiary/aromatic N) is 4. The molecule has 5 aromatic heterocycles. The lowest BCUT2D eigenvalue weighted by atomic mass is 10.0. The number of hydrogen-bond donors (Lipinski definition) is 2. The summed E-state index contributed by atoms with van der Waals surface area (Å²) in [6.45, 7) is 0. The first-order chi connectivity index (χ1) is 14.9. The van der Waals surface area contributed by atoms with Crippen LogP contribution in [0.1, 0.15) is 0 Å². The molecule has 6 aromatic rings. The number of H-pyrrole nitrogens is 2. The van der Waals surface area contributed by atoms with Crippen molar-refractivity contribution in [3.05, 3.63) is 85.7 Å². The zero-order valence-electron chi connectivity index (χ0n) is 15.9. The third-order valence-corrected chi connectivity index (χ3v) is 5.33. The number of fused-ring (bicyclic) bond motifs is 2. The fourth-order valence-corrected chi connectivity index (χ4v) is 3.86. The first-order valence-corrected chi connectivity index (χ1v) is 9.63. The summed E-state index contributed by atoms with van der Waals surface area (Å²) in [4.78, 5) is 16.4. The monoisotopic (exact) mass is 388 g/mol. The van der Waals surface area contributed by atoms with Gasteiger partial charge in [0.2, 0.25) is 0 Å². The van der Waals surface area contributed by atoms with Crippen LogP contribution in [0.2, 0.25) is 0 Å². The van der Waals surface area contributed by atoms with E-state index in [1.165, 1.54) is 0 Å². The standard InChI is InChI=1S/C24H16N6/c1-3-16(11-25-7-1)15-5-6-21-19(9-15)24(30-29-21)22-10-18-20(13-27-14-23(18)28-22)17-4-2-8-26-12-17/h1-14,28H,(H,29,30). The van der Waals surface area contributed by atoms with Gasteiger partial charge in [-0.25, -0.2) is 0 Å². The molecule has 30 heavy (non-hydrogen) atoms. The third-order valence-electron chi connectivity index (χ3n) is 5.33. The first-order valence-electron chi connectivity index (χ1n) is 9.63. The lowest BCUT2D eigenvalue weighted by Crippen LogP contribution is -1.82. The number of aromatic amines is 2. The van der Waals surface area contributed by atoms with Crippen LogP contribution in [0.4, 0.5) is 0 Å². The van der Waals surface area contributed by atoms with E-state index in [4.69, 9.17) is 0 Å². The molecular formula is C24H16N6. The van der Waals surface area contributed by atoms with E-state index in [2.05, 4.69) is 60.5 Å². The molecule has 0 saturated carbocycles. The number of aromatic nitrogens is 6. The van der Waals surface area contributed by atoms with Gasteiger partial charge in [-0.1, -0.05) is 18.2 Å². The molecule has 142 valence electrons. The summed E-state index contributed by atoms with van der Waals surface area (Å²) in [5, 5.41) is 9.88. The van der Waals surface area contributed by atoms with Crippen molar-refractivity contribution in [3.63, 3.8) is 0 Å². The van der Waals surface area contributed by atoms with Gasteiger partial charge in [0.25, 0.3) is 0 Å². The summed E-state index contributed by atoms with van der Waals surface area (Å²) in [6.07, 6.45) is 11.0. The Morgan fingerprint density at radius 3 is 2.27 bits per heavy atom. The normalized spacial score (nSPS) is 11.3. The minimum absolute atomic E-state index is 0.879. The lowest BCUT2D eigenvalue weighted by Gasteiger charge is -2.01. The van der Waals surface area contributed by atoms with Gasteiger partial charge in [0, 0.05) is 58.4 Å². The van der Waals surface area contributed by atoms with E-state index in [-0.39, 0.29) is 0 Å². The van der Waals surface area contributed by atoms with Crippen LogP contribution in [0.5, 0.6) is 0 Å². The second-order valence-electron chi connectivity index (χ2n) is 7.15. The van der Waals surface area contributed by atoms with Crippen molar-refractivity contribution in [2.45, 2.75) is 0 Å². The maximum atomic E-state index is 4.59. The van der Waals surface area contributed by atoms with Crippen LogP contribution in [0.3, 0.4) is 0 Å². The molecule has 5 heterocycles. The summed E-state index contributed by atoms with van der Waals surface area (Å²) in [7, 11) is 0. The van der Waals surface area contributed by atoms with Crippen LogP contribution < -0.4 is 0 Å². The van der Waals surface area contributed by atoms with Gasteiger partial charge in [-0.3, -0.25) is 20.1 Å². The predicted molar refractivity (Wildman–Crippen MR) is 118 cm³/mol. The second-order valence-corrected chi connectivity index (χ2v) is 7.15. The van der Waals surface area contributed by atoms with E-state index in [0.29, 0.717) is 0 Å². The Morgan fingerprint density at radius 2 is 1.47 bits per heavy atom. The summed E-state index contributed by atoms with van der Waals surface area (Å²) < 4.78 is 0. The molecule has 0 radical (unpaired) electrons. The Labute approximate surface area is 171 Å². The molecule has 0 unspecified atom stereocenters. The fourth-order valence-electron chi connectivity index (χ4n) is 3.86. The Bertz CT molecular complexity index is 1480. The predicted octanol–water partition coefficient (Wildman–Crippen LogP) is 5.23. The molecule has 0 spiro atoms. The highest BCUT2D eigenvalue weighted by molar-refractivity contribution is 6.01. The van der Waals surface area contributed by atoms with E-state index in [9.17, 15) is 0 Å². The van der Waals surface area contributed by atoms with E-state index in [0.717, 1.165) is 55.4 Å². The zero-order chi connectivity index (χ0) is 19.9. The van der Waals surface area contributed by atoms with Crippen LogP contribution in [0.15, 0.2) is 85.7 Å². The highest BCUT2D eigenvalue weighted by atomic mass is 15.1. The Balaban J connectivity index is 1.52.